The first-order chi connectivity index (χ1) is 12.9. The molecule has 6 nitrogen and oxygen atoms in total. The molecule has 1 fully saturated rings. The van der Waals surface area contributed by atoms with E-state index < -0.39 is 5.60 Å². The summed E-state index contributed by atoms with van der Waals surface area (Å²) in [4.78, 5) is 18.9. The van der Waals surface area contributed by atoms with Crippen LogP contribution in [0.4, 0.5) is 4.79 Å². The number of likely N-dealkylation sites (tertiary alicyclic amines) is 1. The molecule has 3 rings (SSSR count). The minimum Gasteiger partial charge on any atom is -0.444 e. The van der Waals surface area contributed by atoms with Gasteiger partial charge in [-0.05, 0) is 58.4 Å². The first-order valence-corrected chi connectivity index (χ1v) is 9.78. The van der Waals surface area contributed by atoms with Crippen LogP contribution in [0.3, 0.4) is 0 Å². The molecule has 1 atom stereocenters. The van der Waals surface area contributed by atoms with Crippen LogP contribution in [0, 0.1) is 0 Å². The van der Waals surface area contributed by atoms with Crippen LogP contribution in [0.2, 0.25) is 0 Å². The molecule has 1 aliphatic heterocycles. The number of hydrogen-bond donors (Lipinski definition) is 0. The highest BCUT2D eigenvalue weighted by Gasteiger charge is 2.34. The second-order valence-corrected chi connectivity index (χ2v) is 8.07. The molecule has 2 aromatic rings. The lowest BCUT2D eigenvalue weighted by Crippen LogP contribution is -2.42. The van der Waals surface area contributed by atoms with Gasteiger partial charge in [-0.25, -0.2) is 4.79 Å². The molecule has 0 bridgehead atoms. The molecule has 0 aliphatic carbocycles. The van der Waals surface area contributed by atoms with E-state index >= 15 is 0 Å². The predicted octanol–water partition coefficient (Wildman–Crippen LogP) is 4.71. The first kappa shape index (κ1) is 19.4. The van der Waals surface area contributed by atoms with E-state index in [1.54, 1.807) is 4.90 Å². The highest BCUT2D eigenvalue weighted by Crippen LogP contribution is 2.30. The summed E-state index contributed by atoms with van der Waals surface area (Å²) >= 11 is 0. The second kappa shape index (κ2) is 8.55. The number of nitrogens with zero attached hydrogens (tertiary/aromatic N) is 3. The van der Waals surface area contributed by atoms with Gasteiger partial charge in [0.15, 0.2) is 5.82 Å². The number of amides is 1. The predicted molar refractivity (Wildman–Crippen MR) is 102 cm³/mol. The third kappa shape index (κ3) is 5.55. The molecule has 27 heavy (non-hydrogen) atoms. The van der Waals surface area contributed by atoms with Gasteiger partial charge in [-0.1, -0.05) is 35.5 Å². The number of aromatic nitrogens is 2. The normalized spacial score (nSPS) is 17.7. The fourth-order valence-corrected chi connectivity index (χ4v) is 3.33. The maximum absolute atomic E-state index is 12.6. The van der Waals surface area contributed by atoms with Crippen LogP contribution in [0.1, 0.15) is 69.8 Å². The topological polar surface area (TPSA) is 68.5 Å². The van der Waals surface area contributed by atoms with Crippen molar-refractivity contribution in [3.8, 4) is 0 Å². The Balaban J connectivity index is 1.60. The molecule has 0 radical (unpaired) electrons. The van der Waals surface area contributed by atoms with Gasteiger partial charge in [0.25, 0.3) is 0 Å². The summed E-state index contributed by atoms with van der Waals surface area (Å²) < 4.78 is 11.0. The van der Waals surface area contributed by atoms with Crippen LogP contribution in [-0.2, 0) is 17.6 Å². The van der Waals surface area contributed by atoms with Crippen LogP contribution in [-0.4, -0.2) is 33.3 Å². The molecule has 1 unspecified atom stereocenters. The summed E-state index contributed by atoms with van der Waals surface area (Å²) in [6.45, 7) is 6.30. The minimum absolute atomic E-state index is 0.166. The summed E-state index contributed by atoms with van der Waals surface area (Å²) in [5.74, 6) is 1.23. The van der Waals surface area contributed by atoms with E-state index in [1.165, 1.54) is 5.56 Å². The van der Waals surface area contributed by atoms with Crippen molar-refractivity contribution < 1.29 is 14.1 Å². The van der Waals surface area contributed by atoms with E-state index in [-0.39, 0.29) is 12.1 Å². The number of rotatable bonds is 5. The van der Waals surface area contributed by atoms with E-state index in [2.05, 4.69) is 34.4 Å². The average molecular weight is 371 g/mol. The van der Waals surface area contributed by atoms with Crippen LogP contribution >= 0.6 is 0 Å². The molecule has 146 valence electrons. The SMILES string of the molecule is CC(C)(C)OC(=O)N1CCCCC1c1noc(CCCc2ccccc2)n1. The fraction of sp³-hybridized carbons (Fsp3) is 0.571. The molecule has 1 amide bonds. The smallest absolute Gasteiger partial charge is 0.410 e. The Kier molecular flexibility index (Phi) is 6.14. The Morgan fingerprint density at radius 3 is 2.74 bits per heavy atom. The van der Waals surface area contributed by atoms with Gasteiger partial charge >= 0.3 is 6.09 Å². The number of carbonyl (C=O) groups is 1. The van der Waals surface area contributed by atoms with Gasteiger partial charge in [-0.3, -0.25) is 4.90 Å². The summed E-state index contributed by atoms with van der Waals surface area (Å²) in [5, 5.41) is 4.16. The lowest BCUT2D eigenvalue weighted by atomic mass is 10.0. The zero-order valence-electron chi connectivity index (χ0n) is 16.5. The molecular weight excluding hydrogens is 342 g/mol. The zero-order chi connectivity index (χ0) is 19.3. The number of benzene rings is 1. The third-order valence-electron chi connectivity index (χ3n) is 4.61. The highest BCUT2D eigenvalue weighted by molar-refractivity contribution is 5.68. The average Bonchev–Trinajstić information content (AvgIpc) is 3.10. The van der Waals surface area contributed by atoms with Gasteiger partial charge < -0.3 is 9.26 Å². The van der Waals surface area contributed by atoms with Crippen LogP contribution in [0.5, 0.6) is 0 Å². The Morgan fingerprint density at radius 1 is 1.22 bits per heavy atom. The molecule has 1 aromatic heterocycles. The van der Waals surface area contributed by atoms with Crippen molar-refractivity contribution in [2.75, 3.05) is 6.54 Å². The van der Waals surface area contributed by atoms with Crippen molar-refractivity contribution in [2.45, 2.75) is 70.9 Å². The fourth-order valence-electron chi connectivity index (χ4n) is 3.33. The number of piperidine rings is 1. The molecule has 1 aliphatic rings. The lowest BCUT2D eigenvalue weighted by molar-refractivity contribution is 0.00821. The quantitative estimate of drug-likeness (QED) is 0.761. The Labute approximate surface area is 160 Å². The first-order valence-electron chi connectivity index (χ1n) is 9.78. The van der Waals surface area contributed by atoms with Crippen molar-refractivity contribution >= 4 is 6.09 Å². The highest BCUT2D eigenvalue weighted by atomic mass is 16.6. The Hall–Kier alpha value is -2.37. The number of ether oxygens (including phenoxy) is 1. The summed E-state index contributed by atoms with van der Waals surface area (Å²) in [6.07, 6.45) is 5.21. The van der Waals surface area contributed by atoms with Gasteiger partial charge in [0.05, 0.1) is 6.04 Å². The van der Waals surface area contributed by atoms with Gasteiger partial charge in [-0.15, -0.1) is 0 Å². The number of carbonyl (C=O) groups excluding carboxylic acids is 1. The van der Waals surface area contributed by atoms with Crippen LogP contribution in [0.25, 0.3) is 0 Å². The summed E-state index contributed by atoms with van der Waals surface area (Å²) in [5.41, 5.74) is 0.791. The van der Waals surface area contributed by atoms with Crippen molar-refractivity contribution in [2.24, 2.45) is 0 Å². The maximum atomic E-state index is 12.6. The Bertz CT molecular complexity index is 737. The largest absolute Gasteiger partial charge is 0.444 e. The van der Waals surface area contributed by atoms with E-state index in [0.717, 1.165) is 38.5 Å². The molecule has 1 aromatic carbocycles. The van der Waals surface area contributed by atoms with Gasteiger partial charge in [0.2, 0.25) is 5.89 Å². The van der Waals surface area contributed by atoms with Gasteiger partial charge in [-0.2, -0.15) is 4.98 Å². The van der Waals surface area contributed by atoms with E-state index in [1.807, 2.05) is 26.8 Å². The number of hydrogen-bond acceptors (Lipinski definition) is 5. The van der Waals surface area contributed by atoms with Crippen molar-refractivity contribution in [3.05, 3.63) is 47.6 Å². The molecule has 0 N–H and O–H groups in total. The molecule has 2 heterocycles. The second-order valence-electron chi connectivity index (χ2n) is 8.07. The van der Waals surface area contributed by atoms with Crippen LogP contribution in [0.15, 0.2) is 34.9 Å². The molecule has 0 spiro atoms. The third-order valence-corrected chi connectivity index (χ3v) is 4.61. The monoisotopic (exact) mass is 371 g/mol. The van der Waals surface area contributed by atoms with Crippen molar-refractivity contribution in [1.29, 1.82) is 0 Å². The zero-order valence-corrected chi connectivity index (χ0v) is 16.5. The standard InChI is InChI=1S/C21H29N3O3/c1-21(2,3)26-20(25)24-15-8-7-13-17(24)19-22-18(27-23-19)14-9-12-16-10-5-4-6-11-16/h4-6,10-11,17H,7-9,12-15H2,1-3H3. The summed E-state index contributed by atoms with van der Waals surface area (Å²) in [7, 11) is 0. The number of aryl methyl sites for hydroxylation is 2. The van der Waals surface area contributed by atoms with E-state index in [4.69, 9.17) is 9.26 Å². The van der Waals surface area contributed by atoms with Crippen molar-refractivity contribution in [1.82, 2.24) is 15.0 Å². The van der Waals surface area contributed by atoms with Gasteiger partial charge in [0.1, 0.15) is 5.60 Å². The Morgan fingerprint density at radius 2 is 2.00 bits per heavy atom. The molecule has 0 saturated carbocycles. The van der Waals surface area contributed by atoms with Crippen LogP contribution < -0.4 is 0 Å². The molecule has 1 saturated heterocycles. The minimum atomic E-state index is -0.515. The van der Waals surface area contributed by atoms with E-state index in [0.29, 0.717) is 18.3 Å². The van der Waals surface area contributed by atoms with Gasteiger partial charge in [0, 0.05) is 13.0 Å². The maximum Gasteiger partial charge on any atom is 0.410 e. The van der Waals surface area contributed by atoms with Crippen molar-refractivity contribution in [3.63, 3.8) is 0 Å². The van der Waals surface area contributed by atoms with E-state index in [9.17, 15) is 4.79 Å². The molecular formula is C21H29N3O3. The summed E-state index contributed by atoms with van der Waals surface area (Å²) in [6, 6.07) is 10.2. The molecule has 6 heteroatoms. The lowest BCUT2D eigenvalue weighted by Gasteiger charge is -2.35.